The summed E-state index contributed by atoms with van der Waals surface area (Å²) in [5, 5.41) is 3.75. The van der Waals surface area contributed by atoms with Gasteiger partial charge in [0.15, 0.2) is 0 Å². The second-order valence-electron chi connectivity index (χ2n) is 6.01. The molecule has 1 saturated heterocycles. The van der Waals surface area contributed by atoms with Crippen molar-refractivity contribution >= 4 is 11.6 Å². The van der Waals surface area contributed by atoms with Crippen molar-refractivity contribution in [2.75, 3.05) is 19.6 Å². The minimum Gasteiger partial charge on any atom is -0.311 e. The zero-order chi connectivity index (χ0) is 12.5. The second-order valence-corrected chi connectivity index (χ2v) is 6.23. The van der Waals surface area contributed by atoms with E-state index in [4.69, 9.17) is 11.6 Å². The summed E-state index contributed by atoms with van der Waals surface area (Å²) >= 11 is 5.81. The van der Waals surface area contributed by atoms with Gasteiger partial charge >= 0.3 is 0 Å². The molecule has 1 saturated carbocycles. The molecule has 2 atom stereocenters. The number of halogens is 1. The van der Waals surface area contributed by atoms with Crippen LogP contribution >= 0.6 is 11.6 Å². The molecule has 0 aromatic carbocycles. The Morgan fingerprint density at radius 1 is 1.53 bits per heavy atom. The largest absolute Gasteiger partial charge is 0.311 e. The van der Waals surface area contributed by atoms with E-state index in [1.54, 1.807) is 5.54 Å². The topological polar surface area (TPSA) is 15.3 Å². The highest BCUT2D eigenvalue weighted by molar-refractivity contribution is 6.25. The van der Waals surface area contributed by atoms with Crippen LogP contribution in [0.2, 0.25) is 0 Å². The Bertz CT molecular complexity index is 299. The van der Waals surface area contributed by atoms with Crippen LogP contribution in [0.15, 0.2) is 11.1 Å². The fourth-order valence-electron chi connectivity index (χ4n) is 2.74. The highest BCUT2D eigenvalue weighted by Gasteiger charge is 2.41. The van der Waals surface area contributed by atoms with Gasteiger partial charge in [0.1, 0.15) is 0 Å². The van der Waals surface area contributed by atoms with Crippen LogP contribution in [0, 0.1) is 5.92 Å². The van der Waals surface area contributed by atoms with Crippen molar-refractivity contribution < 1.29 is 0 Å². The predicted molar refractivity (Wildman–Crippen MR) is 74.4 cm³/mol. The molecular weight excluding hydrogens is 232 g/mol. The molecule has 0 aromatic rings. The smallest absolute Gasteiger partial charge is 0.0307 e. The number of nitrogens with one attached hydrogen (secondary N) is 1. The lowest BCUT2D eigenvalue weighted by atomic mass is 9.90. The van der Waals surface area contributed by atoms with Crippen molar-refractivity contribution in [1.29, 1.82) is 0 Å². The molecule has 2 aliphatic rings. The molecule has 17 heavy (non-hydrogen) atoms. The van der Waals surface area contributed by atoms with Crippen molar-refractivity contribution in [1.82, 2.24) is 10.2 Å². The number of hydrogen-bond donors (Lipinski definition) is 1. The first-order valence-corrected chi connectivity index (χ1v) is 7.27. The van der Waals surface area contributed by atoms with Gasteiger partial charge in [0.05, 0.1) is 0 Å². The molecule has 2 nitrogen and oxygen atoms in total. The Balaban J connectivity index is 2.03. The van der Waals surface area contributed by atoms with Crippen LogP contribution in [-0.2, 0) is 0 Å². The van der Waals surface area contributed by atoms with Gasteiger partial charge in [-0.1, -0.05) is 18.5 Å². The van der Waals surface area contributed by atoms with Gasteiger partial charge in [0.2, 0.25) is 0 Å². The Morgan fingerprint density at radius 3 is 2.76 bits per heavy atom. The minimum absolute atomic E-state index is 0.284. The van der Waals surface area contributed by atoms with Crippen molar-refractivity contribution in [3.05, 3.63) is 11.1 Å². The first-order valence-electron chi connectivity index (χ1n) is 6.83. The third-order valence-corrected chi connectivity index (χ3v) is 4.88. The average Bonchev–Trinajstić information content (AvgIpc) is 3.16. The first kappa shape index (κ1) is 13.4. The van der Waals surface area contributed by atoms with Crippen molar-refractivity contribution in [2.24, 2.45) is 5.92 Å². The fourth-order valence-corrected chi connectivity index (χ4v) is 2.81. The summed E-state index contributed by atoms with van der Waals surface area (Å²) in [6.45, 7) is 10.1. The standard InChI is InChI=1S/C14H25ClN2/c1-4-14(3)10-16-13(12-5-6-12)9-17(14)8-11(2)7-15/h7,12-13,16H,4-6,8-10H2,1-3H3. The van der Waals surface area contributed by atoms with E-state index in [-0.39, 0.29) is 5.54 Å². The van der Waals surface area contributed by atoms with Crippen LogP contribution in [0.4, 0.5) is 0 Å². The molecule has 1 aliphatic carbocycles. The van der Waals surface area contributed by atoms with Crippen molar-refractivity contribution in [3.63, 3.8) is 0 Å². The number of hydrogen-bond acceptors (Lipinski definition) is 2. The van der Waals surface area contributed by atoms with Crippen LogP contribution < -0.4 is 5.32 Å². The van der Waals surface area contributed by atoms with E-state index < -0.39 is 0 Å². The predicted octanol–water partition coefficient (Wildman–Crippen LogP) is 2.98. The van der Waals surface area contributed by atoms with Gasteiger partial charge in [-0.05, 0) is 44.6 Å². The highest BCUT2D eigenvalue weighted by atomic mass is 35.5. The Kier molecular flexibility index (Phi) is 4.17. The van der Waals surface area contributed by atoms with Crippen molar-refractivity contribution in [3.8, 4) is 0 Å². The van der Waals surface area contributed by atoms with Gasteiger partial charge in [0, 0.05) is 36.8 Å². The number of nitrogens with zero attached hydrogens (tertiary/aromatic N) is 1. The summed E-state index contributed by atoms with van der Waals surface area (Å²) in [6.07, 6.45) is 4.02. The maximum atomic E-state index is 5.81. The minimum atomic E-state index is 0.284. The summed E-state index contributed by atoms with van der Waals surface area (Å²) in [7, 11) is 0. The molecule has 0 bridgehead atoms. The quantitative estimate of drug-likeness (QED) is 0.832. The molecule has 0 aromatic heterocycles. The van der Waals surface area contributed by atoms with E-state index in [1.165, 1.54) is 31.4 Å². The lowest BCUT2D eigenvalue weighted by Crippen LogP contribution is -2.63. The first-order chi connectivity index (χ1) is 8.09. The number of piperazine rings is 1. The lowest BCUT2D eigenvalue weighted by molar-refractivity contribution is 0.0530. The highest BCUT2D eigenvalue weighted by Crippen LogP contribution is 2.36. The number of rotatable bonds is 4. The van der Waals surface area contributed by atoms with Crippen LogP contribution in [-0.4, -0.2) is 36.1 Å². The fraction of sp³-hybridized carbons (Fsp3) is 0.857. The molecule has 1 heterocycles. The van der Waals surface area contributed by atoms with Gasteiger partial charge in [-0.25, -0.2) is 0 Å². The van der Waals surface area contributed by atoms with E-state index in [1.807, 2.05) is 0 Å². The zero-order valence-corrected chi connectivity index (χ0v) is 12.1. The maximum absolute atomic E-state index is 5.81. The van der Waals surface area contributed by atoms with Gasteiger partial charge in [-0.2, -0.15) is 0 Å². The molecule has 0 amide bonds. The van der Waals surface area contributed by atoms with E-state index in [0.717, 1.165) is 19.0 Å². The molecule has 1 aliphatic heterocycles. The zero-order valence-electron chi connectivity index (χ0n) is 11.3. The third-order valence-electron chi connectivity index (χ3n) is 4.50. The molecule has 3 heteroatoms. The summed E-state index contributed by atoms with van der Waals surface area (Å²) < 4.78 is 0. The van der Waals surface area contributed by atoms with Gasteiger partial charge in [-0.15, -0.1) is 0 Å². The van der Waals surface area contributed by atoms with E-state index in [0.29, 0.717) is 6.04 Å². The second kappa shape index (κ2) is 5.29. The monoisotopic (exact) mass is 256 g/mol. The van der Waals surface area contributed by atoms with Crippen LogP contribution in [0.3, 0.4) is 0 Å². The summed E-state index contributed by atoms with van der Waals surface area (Å²) in [4.78, 5) is 2.63. The van der Waals surface area contributed by atoms with Crippen molar-refractivity contribution in [2.45, 2.75) is 51.6 Å². The SMILES string of the molecule is CCC1(C)CNC(C2CC2)CN1CC(C)=CCl. The molecule has 2 unspecified atom stereocenters. The van der Waals surface area contributed by atoms with E-state index >= 15 is 0 Å². The van der Waals surface area contributed by atoms with Gasteiger partial charge in [0.25, 0.3) is 0 Å². The Morgan fingerprint density at radius 2 is 2.24 bits per heavy atom. The van der Waals surface area contributed by atoms with Crippen LogP contribution in [0.1, 0.15) is 40.0 Å². The van der Waals surface area contributed by atoms with E-state index in [2.05, 4.69) is 31.0 Å². The lowest BCUT2D eigenvalue weighted by Gasteiger charge is -2.48. The molecule has 2 fully saturated rings. The molecule has 1 N–H and O–H groups in total. The van der Waals surface area contributed by atoms with Gasteiger partial charge in [-0.3, -0.25) is 4.90 Å². The third kappa shape index (κ3) is 3.04. The Hall–Kier alpha value is -0.0500. The molecular formula is C14H25ClN2. The summed E-state index contributed by atoms with van der Waals surface area (Å²) in [5.74, 6) is 0.930. The van der Waals surface area contributed by atoms with Crippen LogP contribution in [0.5, 0.6) is 0 Å². The van der Waals surface area contributed by atoms with Gasteiger partial charge < -0.3 is 5.32 Å². The molecule has 2 rings (SSSR count). The Labute approximate surface area is 110 Å². The maximum Gasteiger partial charge on any atom is 0.0307 e. The van der Waals surface area contributed by atoms with E-state index in [9.17, 15) is 0 Å². The normalized spacial score (nSPS) is 36.2. The summed E-state index contributed by atoms with van der Waals surface area (Å²) in [5.41, 5.74) is 3.28. The molecule has 0 spiro atoms. The average molecular weight is 257 g/mol. The molecule has 98 valence electrons. The summed E-state index contributed by atoms with van der Waals surface area (Å²) in [6, 6.07) is 0.706. The molecule has 0 radical (unpaired) electrons. The van der Waals surface area contributed by atoms with Crippen LogP contribution in [0.25, 0.3) is 0 Å².